The van der Waals surface area contributed by atoms with E-state index in [0.717, 1.165) is 0 Å². The second-order valence-corrected chi connectivity index (χ2v) is 18.9. The van der Waals surface area contributed by atoms with Gasteiger partial charge in [-0.05, 0) is 13.0 Å². The molecule has 0 atom stereocenters. The zero-order valence-corrected chi connectivity index (χ0v) is 18.2. The molecular formula is C18H43NSi2. The van der Waals surface area contributed by atoms with Gasteiger partial charge in [0, 0.05) is 0 Å². The molecule has 0 aliphatic rings. The second-order valence-electron chi connectivity index (χ2n) is 8.68. The maximum absolute atomic E-state index is 2.94. The van der Waals surface area contributed by atoms with Crippen LogP contribution >= 0.6 is 0 Å². The Bertz CT molecular complexity index is 227. The van der Waals surface area contributed by atoms with E-state index in [2.05, 4.69) is 50.4 Å². The zero-order chi connectivity index (χ0) is 16.4. The van der Waals surface area contributed by atoms with E-state index in [4.69, 9.17) is 0 Å². The summed E-state index contributed by atoms with van der Waals surface area (Å²) in [5, 5.41) is 0. The summed E-state index contributed by atoms with van der Waals surface area (Å²) in [5.41, 5.74) is 0. The van der Waals surface area contributed by atoms with Crippen molar-refractivity contribution in [2.75, 3.05) is 6.54 Å². The standard InChI is InChI=1S/C18H43NSi2/c1-8-9-10-11-12-13-14-15-16-17-18-19(20(2,3)4)21(5,6)7/h8-18H2,1-7H3. The van der Waals surface area contributed by atoms with Crippen LogP contribution in [-0.2, 0) is 0 Å². The van der Waals surface area contributed by atoms with Gasteiger partial charge in [-0.3, -0.25) is 0 Å². The van der Waals surface area contributed by atoms with Crippen LogP contribution in [0.1, 0.15) is 71.1 Å². The smallest absolute Gasteiger partial charge is 0.112 e. The van der Waals surface area contributed by atoms with Crippen LogP contribution in [0.15, 0.2) is 0 Å². The monoisotopic (exact) mass is 329 g/mol. The van der Waals surface area contributed by atoms with E-state index in [1.54, 1.807) is 0 Å². The molecule has 21 heavy (non-hydrogen) atoms. The van der Waals surface area contributed by atoms with Gasteiger partial charge in [0.1, 0.15) is 16.5 Å². The number of rotatable bonds is 13. The van der Waals surface area contributed by atoms with Crippen molar-refractivity contribution in [3.63, 3.8) is 0 Å². The van der Waals surface area contributed by atoms with E-state index in [-0.39, 0.29) is 0 Å². The summed E-state index contributed by atoms with van der Waals surface area (Å²) in [6, 6.07) is 0. The summed E-state index contributed by atoms with van der Waals surface area (Å²) in [6.07, 6.45) is 14.4. The van der Waals surface area contributed by atoms with Gasteiger partial charge in [0.2, 0.25) is 0 Å². The van der Waals surface area contributed by atoms with Crippen molar-refractivity contribution < 1.29 is 0 Å². The molecule has 0 saturated heterocycles. The molecule has 0 saturated carbocycles. The molecule has 0 bridgehead atoms. The molecule has 0 aliphatic carbocycles. The van der Waals surface area contributed by atoms with Crippen LogP contribution in [0.4, 0.5) is 0 Å². The average molecular weight is 330 g/mol. The fourth-order valence-electron chi connectivity index (χ4n) is 3.43. The molecule has 0 rings (SSSR count). The molecule has 0 aromatic rings. The Morgan fingerprint density at radius 3 is 1.19 bits per heavy atom. The largest absolute Gasteiger partial charge is 0.346 e. The highest BCUT2D eigenvalue weighted by atomic mass is 28.4. The summed E-state index contributed by atoms with van der Waals surface area (Å²) in [4.78, 5) is 0. The molecule has 0 aromatic heterocycles. The molecule has 0 spiro atoms. The third-order valence-corrected chi connectivity index (χ3v) is 12.1. The van der Waals surface area contributed by atoms with E-state index in [0.29, 0.717) is 0 Å². The summed E-state index contributed by atoms with van der Waals surface area (Å²) in [7, 11) is -2.24. The molecule has 0 aromatic carbocycles. The van der Waals surface area contributed by atoms with Gasteiger partial charge in [0.25, 0.3) is 0 Å². The van der Waals surface area contributed by atoms with Gasteiger partial charge < -0.3 is 4.23 Å². The molecule has 0 fully saturated rings. The minimum Gasteiger partial charge on any atom is -0.346 e. The predicted molar refractivity (Wildman–Crippen MR) is 105 cm³/mol. The van der Waals surface area contributed by atoms with Crippen molar-refractivity contribution in [1.29, 1.82) is 0 Å². The molecule has 0 N–H and O–H groups in total. The molecule has 1 nitrogen and oxygen atoms in total. The number of hydrogen-bond acceptors (Lipinski definition) is 1. The molecule has 0 heterocycles. The van der Waals surface area contributed by atoms with Gasteiger partial charge in [0.05, 0.1) is 0 Å². The fraction of sp³-hybridized carbons (Fsp3) is 1.00. The lowest BCUT2D eigenvalue weighted by Gasteiger charge is -2.43. The van der Waals surface area contributed by atoms with Crippen LogP contribution in [0.25, 0.3) is 0 Å². The Kier molecular flexibility index (Phi) is 11.2. The van der Waals surface area contributed by atoms with Gasteiger partial charge in [-0.15, -0.1) is 0 Å². The predicted octanol–water partition coefficient (Wildman–Crippen LogP) is 6.88. The third kappa shape index (κ3) is 11.6. The first kappa shape index (κ1) is 21.4. The highest BCUT2D eigenvalue weighted by molar-refractivity contribution is 6.89. The molecule has 3 heteroatoms. The van der Waals surface area contributed by atoms with Crippen molar-refractivity contribution >= 4 is 16.5 Å². The summed E-state index contributed by atoms with van der Waals surface area (Å²) in [6.45, 7) is 18.8. The topological polar surface area (TPSA) is 3.24 Å². The van der Waals surface area contributed by atoms with Gasteiger partial charge >= 0.3 is 0 Å². The van der Waals surface area contributed by atoms with Crippen LogP contribution in [0, 0.1) is 0 Å². The van der Waals surface area contributed by atoms with Crippen LogP contribution in [0.5, 0.6) is 0 Å². The Morgan fingerprint density at radius 1 is 0.524 bits per heavy atom. The van der Waals surface area contributed by atoms with Crippen LogP contribution < -0.4 is 0 Å². The normalized spacial score (nSPS) is 13.1. The van der Waals surface area contributed by atoms with Gasteiger partial charge in [-0.25, -0.2) is 0 Å². The molecule has 128 valence electrons. The van der Waals surface area contributed by atoms with Crippen molar-refractivity contribution in [2.24, 2.45) is 0 Å². The minimum atomic E-state index is -1.12. The fourth-order valence-corrected chi connectivity index (χ4v) is 13.1. The average Bonchev–Trinajstić information content (AvgIpc) is 2.32. The second kappa shape index (κ2) is 11.0. The van der Waals surface area contributed by atoms with Crippen molar-refractivity contribution in [3.8, 4) is 0 Å². The lowest BCUT2D eigenvalue weighted by molar-refractivity contribution is 0.520. The third-order valence-electron chi connectivity index (χ3n) is 4.35. The highest BCUT2D eigenvalue weighted by Crippen LogP contribution is 2.21. The van der Waals surface area contributed by atoms with E-state index >= 15 is 0 Å². The SMILES string of the molecule is CCCCCCCCCCCCN([Si](C)(C)C)[Si](C)(C)C. The first-order valence-corrected chi connectivity index (χ1v) is 16.4. The molecule has 0 radical (unpaired) electrons. The van der Waals surface area contributed by atoms with E-state index < -0.39 is 16.5 Å². The first-order chi connectivity index (χ1) is 9.69. The van der Waals surface area contributed by atoms with E-state index in [1.807, 2.05) is 0 Å². The van der Waals surface area contributed by atoms with Gasteiger partial charge in [0.15, 0.2) is 0 Å². The Balaban J connectivity index is 3.65. The lowest BCUT2D eigenvalue weighted by atomic mass is 10.1. The highest BCUT2D eigenvalue weighted by Gasteiger charge is 2.33. The number of hydrogen-bond donors (Lipinski definition) is 0. The Hall–Kier alpha value is 0.394. The zero-order valence-electron chi connectivity index (χ0n) is 16.2. The van der Waals surface area contributed by atoms with Gasteiger partial charge in [-0.1, -0.05) is 104 Å². The Labute approximate surface area is 138 Å². The molecule has 0 unspecified atom stereocenters. The quantitative estimate of drug-likeness (QED) is 0.263. The molecular weight excluding hydrogens is 286 g/mol. The number of nitrogens with zero attached hydrogens (tertiary/aromatic N) is 1. The van der Waals surface area contributed by atoms with Crippen LogP contribution in [-0.4, -0.2) is 27.2 Å². The lowest BCUT2D eigenvalue weighted by Crippen LogP contribution is -2.59. The Morgan fingerprint density at radius 2 is 0.857 bits per heavy atom. The van der Waals surface area contributed by atoms with E-state index in [1.165, 1.54) is 70.8 Å². The first-order valence-electron chi connectivity index (χ1n) is 9.47. The van der Waals surface area contributed by atoms with Crippen LogP contribution in [0.3, 0.4) is 0 Å². The minimum absolute atomic E-state index is 1.12. The molecule has 0 amide bonds. The maximum atomic E-state index is 2.94. The van der Waals surface area contributed by atoms with Crippen LogP contribution in [0.2, 0.25) is 39.3 Å². The van der Waals surface area contributed by atoms with E-state index in [9.17, 15) is 0 Å². The van der Waals surface area contributed by atoms with Crippen molar-refractivity contribution in [3.05, 3.63) is 0 Å². The summed E-state index contributed by atoms with van der Waals surface area (Å²) in [5.74, 6) is 0. The molecule has 0 aliphatic heterocycles. The maximum Gasteiger partial charge on any atom is 0.112 e. The summed E-state index contributed by atoms with van der Waals surface area (Å²) < 4.78 is 2.94. The number of unbranched alkanes of at least 4 members (excludes halogenated alkanes) is 9. The van der Waals surface area contributed by atoms with Crippen molar-refractivity contribution in [1.82, 2.24) is 4.23 Å². The van der Waals surface area contributed by atoms with Crippen molar-refractivity contribution in [2.45, 2.75) is 110 Å². The van der Waals surface area contributed by atoms with Gasteiger partial charge in [-0.2, -0.15) is 0 Å². The summed E-state index contributed by atoms with van der Waals surface area (Å²) >= 11 is 0.